The summed E-state index contributed by atoms with van der Waals surface area (Å²) in [5.74, 6) is -1.49. The Bertz CT molecular complexity index is 141. The first-order valence-electron chi connectivity index (χ1n) is 3.65. The number of hydrogen-bond donors (Lipinski definition) is 2. The van der Waals surface area contributed by atoms with Crippen LogP contribution in [0.4, 0.5) is 0 Å². The van der Waals surface area contributed by atoms with E-state index in [1.807, 2.05) is 27.7 Å². The van der Waals surface area contributed by atoms with E-state index >= 15 is 0 Å². The second kappa shape index (κ2) is 1.56. The monoisotopic (exact) mass is 144 g/mol. The molecule has 2 nitrogen and oxygen atoms in total. The highest BCUT2D eigenvalue weighted by Gasteiger charge is 2.64. The molecule has 1 aliphatic carbocycles. The molecule has 0 spiro atoms. The van der Waals surface area contributed by atoms with E-state index < -0.39 is 5.79 Å². The third kappa shape index (κ3) is 0.663. The van der Waals surface area contributed by atoms with E-state index in [2.05, 4.69) is 0 Å². The minimum Gasteiger partial charge on any atom is -0.365 e. The highest BCUT2D eigenvalue weighted by molar-refractivity contribution is 5.07. The molecule has 60 valence electrons. The fraction of sp³-hybridized carbons (Fsp3) is 1.00. The Morgan fingerprint density at radius 2 is 1.20 bits per heavy atom. The normalized spacial score (nSPS) is 33.0. The lowest BCUT2D eigenvalue weighted by molar-refractivity contribution is -0.367. The second-order valence-corrected chi connectivity index (χ2v) is 4.62. The molecule has 1 aliphatic rings. The van der Waals surface area contributed by atoms with Crippen molar-refractivity contribution in [3.05, 3.63) is 0 Å². The van der Waals surface area contributed by atoms with Gasteiger partial charge >= 0.3 is 0 Å². The first-order valence-corrected chi connectivity index (χ1v) is 3.65. The van der Waals surface area contributed by atoms with Crippen molar-refractivity contribution in [2.24, 2.45) is 10.8 Å². The van der Waals surface area contributed by atoms with Gasteiger partial charge in [-0.3, -0.25) is 0 Å². The molecule has 0 aromatic rings. The average Bonchev–Trinajstić information content (AvgIpc) is 1.61. The molecule has 1 rings (SSSR count). The zero-order valence-corrected chi connectivity index (χ0v) is 7.10. The SMILES string of the molecule is CC1(C)CC(C)(C)C1(O)O. The predicted molar refractivity (Wildman–Crippen MR) is 39.3 cm³/mol. The van der Waals surface area contributed by atoms with Crippen LogP contribution in [0.15, 0.2) is 0 Å². The Morgan fingerprint density at radius 1 is 0.900 bits per heavy atom. The Kier molecular flexibility index (Phi) is 1.25. The van der Waals surface area contributed by atoms with Crippen molar-refractivity contribution in [1.82, 2.24) is 0 Å². The topological polar surface area (TPSA) is 40.5 Å². The molecule has 2 N–H and O–H groups in total. The highest BCUT2D eigenvalue weighted by Crippen LogP contribution is 2.59. The summed E-state index contributed by atoms with van der Waals surface area (Å²) in [4.78, 5) is 0. The first-order chi connectivity index (χ1) is 4.21. The van der Waals surface area contributed by atoms with Crippen molar-refractivity contribution in [3.8, 4) is 0 Å². The first kappa shape index (κ1) is 8.02. The molecule has 0 unspecified atom stereocenters. The molecule has 0 saturated heterocycles. The number of aliphatic hydroxyl groups is 2. The molecule has 0 heterocycles. The van der Waals surface area contributed by atoms with Crippen LogP contribution >= 0.6 is 0 Å². The van der Waals surface area contributed by atoms with Crippen LogP contribution in [0.2, 0.25) is 0 Å². The minimum absolute atomic E-state index is 0.337. The van der Waals surface area contributed by atoms with Gasteiger partial charge in [-0.05, 0) is 6.42 Å². The van der Waals surface area contributed by atoms with Crippen LogP contribution in [0.3, 0.4) is 0 Å². The zero-order chi connectivity index (χ0) is 8.21. The third-order valence-electron chi connectivity index (χ3n) is 2.77. The summed E-state index contributed by atoms with van der Waals surface area (Å²) in [5.41, 5.74) is -0.674. The predicted octanol–water partition coefficient (Wildman–Crippen LogP) is 1.12. The van der Waals surface area contributed by atoms with Gasteiger partial charge in [0.1, 0.15) is 0 Å². The molecule has 1 saturated carbocycles. The third-order valence-corrected chi connectivity index (χ3v) is 2.77. The van der Waals surface area contributed by atoms with E-state index in [1.165, 1.54) is 0 Å². The number of rotatable bonds is 0. The maximum atomic E-state index is 9.52. The van der Waals surface area contributed by atoms with Gasteiger partial charge in [0.05, 0.1) is 0 Å². The summed E-state index contributed by atoms with van der Waals surface area (Å²) in [6, 6.07) is 0. The Morgan fingerprint density at radius 3 is 1.20 bits per heavy atom. The standard InChI is InChI=1S/C8H16O2/c1-6(2)5-7(3,4)8(6,9)10/h9-10H,5H2,1-4H3. The molecule has 0 amide bonds. The van der Waals surface area contributed by atoms with E-state index in [0.29, 0.717) is 0 Å². The summed E-state index contributed by atoms with van der Waals surface area (Å²) in [6.45, 7) is 7.49. The van der Waals surface area contributed by atoms with Gasteiger partial charge in [-0.15, -0.1) is 0 Å². The Balaban J connectivity index is 2.85. The average molecular weight is 144 g/mol. The van der Waals surface area contributed by atoms with E-state index in [1.54, 1.807) is 0 Å². The molecule has 0 bridgehead atoms. The Labute approximate surface area is 61.9 Å². The van der Waals surface area contributed by atoms with Gasteiger partial charge in [-0.25, -0.2) is 0 Å². The summed E-state index contributed by atoms with van der Waals surface area (Å²) in [6.07, 6.45) is 0.868. The minimum atomic E-state index is -1.49. The van der Waals surface area contributed by atoms with Crippen LogP contribution in [0.5, 0.6) is 0 Å². The molecule has 0 atom stereocenters. The molecule has 0 radical (unpaired) electrons. The van der Waals surface area contributed by atoms with Gasteiger partial charge in [0.2, 0.25) is 0 Å². The van der Waals surface area contributed by atoms with Crippen LogP contribution in [0.25, 0.3) is 0 Å². The summed E-state index contributed by atoms with van der Waals surface area (Å²) in [5, 5.41) is 19.0. The van der Waals surface area contributed by atoms with Crippen LogP contribution in [-0.4, -0.2) is 16.0 Å². The Hall–Kier alpha value is -0.0800. The quantitative estimate of drug-likeness (QED) is 0.500. The largest absolute Gasteiger partial charge is 0.365 e. The van der Waals surface area contributed by atoms with Crippen LogP contribution in [-0.2, 0) is 0 Å². The van der Waals surface area contributed by atoms with Gasteiger partial charge in [0.25, 0.3) is 0 Å². The molecular weight excluding hydrogens is 128 g/mol. The van der Waals surface area contributed by atoms with Crippen molar-refractivity contribution >= 4 is 0 Å². The van der Waals surface area contributed by atoms with Gasteiger partial charge in [0.15, 0.2) is 5.79 Å². The molecule has 10 heavy (non-hydrogen) atoms. The van der Waals surface area contributed by atoms with Gasteiger partial charge < -0.3 is 10.2 Å². The maximum Gasteiger partial charge on any atom is 0.172 e. The van der Waals surface area contributed by atoms with E-state index in [9.17, 15) is 10.2 Å². The van der Waals surface area contributed by atoms with Crippen molar-refractivity contribution in [3.63, 3.8) is 0 Å². The summed E-state index contributed by atoms with van der Waals surface area (Å²) in [7, 11) is 0. The second-order valence-electron chi connectivity index (χ2n) is 4.62. The smallest absolute Gasteiger partial charge is 0.172 e. The van der Waals surface area contributed by atoms with Crippen LogP contribution in [0, 0.1) is 10.8 Å². The fourth-order valence-electron chi connectivity index (χ4n) is 2.16. The van der Waals surface area contributed by atoms with Crippen molar-refractivity contribution in [2.45, 2.75) is 39.9 Å². The molecule has 0 aromatic carbocycles. The lowest BCUT2D eigenvalue weighted by atomic mass is 9.51. The maximum absolute atomic E-state index is 9.52. The lowest BCUT2D eigenvalue weighted by Gasteiger charge is -2.60. The molecule has 1 fully saturated rings. The molecule has 2 heteroatoms. The van der Waals surface area contributed by atoms with Crippen molar-refractivity contribution in [2.75, 3.05) is 0 Å². The lowest BCUT2D eigenvalue weighted by Crippen LogP contribution is -2.66. The zero-order valence-electron chi connectivity index (χ0n) is 7.10. The van der Waals surface area contributed by atoms with Gasteiger partial charge in [-0.1, -0.05) is 27.7 Å². The fourth-order valence-corrected chi connectivity index (χ4v) is 2.16. The van der Waals surface area contributed by atoms with Crippen molar-refractivity contribution < 1.29 is 10.2 Å². The van der Waals surface area contributed by atoms with E-state index in [-0.39, 0.29) is 10.8 Å². The van der Waals surface area contributed by atoms with Gasteiger partial charge in [-0.2, -0.15) is 0 Å². The highest BCUT2D eigenvalue weighted by atomic mass is 16.5. The molecular formula is C8H16O2. The number of hydrogen-bond acceptors (Lipinski definition) is 2. The van der Waals surface area contributed by atoms with Crippen LogP contribution in [0.1, 0.15) is 34.1 Å². The molecule has 0 aromatic heterocycles. The molecule has 0 aliphatic heterocycles. The summed E-state index contributed by atoms with van der Waals surface area (Å²) >= 11 is 0. The van der Waals surface area contributed by atoms with E-state index in [0.717, 1.165) is 6.42 Å². The van der Waals surface area contributed by atoms with Crippen molar-refractivity contribution in [1.29, 1.82) is 0 Å². The van der Waals surface area contributed by atoms with Crippen LogP contribution < -0.4 is 0 Å². The van der Waals surface area contributed by atoms with E-state index in [4.69, 9.17) is 0 Å². The van der Waals surface area contributed by atoms with Gasteiger partial charge in [0, 0.05) is 10.8 Å². The summed E-state index contributed by atoms with van der Waals surface area (Å²) < 4.78 is 0.